The van der Waals surface area contributed by atoms with Gasteiger partial charge in [0, 0.05) is 49.1 Å². The fourth-order valence-electron chi connectivity index (χ4n) is 5.36. The SMILES string of the molecule is CC[C@@H](C)C(=O)Nc1ncc(-c2cccc(C(=O)N(C)C)c2)n(Cc2cc(N3CCc4cc(F)ccc43)cc(C(F)(F)F)c2)c1=O. The monoisotopic (exact) mass is 635 g/mol. The third kappa shape index (κ3) is 6.65. The first-order valence-corrected chi connectivity index (χ1v) is 14.8. The first kappa shape index (κ1) is 32.4. The van der Waals surface area contributed by atoms with Crippen molar-refractivity contribution in [3.63, 3.8) is 0 Å². The van der Waals surface area contributed by atoms with Crippen LogP contribution < -0.4 is 15.8 Å². The van der Waals surface area contributed by atoms with Crippen molar-refractivity contribution in [2.45, 2.75) is 39.4 Å². The third-order valence-corrected chi connectivity index (χ3v) is 8.06. The Morgan fingerprint density at radius 2 is 1.83 bits per heavy atom. The smallest absolute Gasteiger partial charge is 0.345 e. The van der Waals surface area contributed by atoms with Gasteiger partial charge in [0.2, 0.25) is 5.91 Å². The van der Waals surface area contributed by atoms with Gasteiger partial charge in [0.25, 0.3) is 11.5 Å². The Morgan fingerprint density at radius 3 is 2.52 bits per heavy atom. The first-order valence-electron chi connectivity index (χ1n) is 14.8. The summed E-state index contributed by atoms with van der Waals surface area (Å²) in [4.78, 5) is 46.6. The molecule has 0 aliphatic carbocycles. The molecule has 1 aliphatic heterocycles. The van der Waals surface area contributed by atoms with E-state index in [1.54, 1.807) is 56.3 Å². The van der Waals surface area contributed by atoms with E-state index in [-0.39, 0.29) is 35.2 Å². The number of nitrogens with zero attached hydrogens (tertiary/aromatic N) is 4. The average Bonchev–Trinajstić information content (AvgIpc) is 3.44. The lowest BCUT2D eigenvalue weighted by Crippen LogP contribution is -2.31. The van der Waals surface area contributed by atoms with E-state index in [2.05, 4.69) is 10.3 Å². The fraction of sp³-hybridized carbons (Fsp3) is 0.294. The standard InChI is InChI=1S/C34H33F4N5O3/c1-5-20(2)31(44)40-30-33(46)43(29(18-39-30)22-7-6-8-24(15-22)32(45)41(3)4)19-21-13-25(34(36,37)38)17-27(14-21)42-12-11-23-16-26(35)9-10-28(23)42/h6-10,13-18,20H,5,11-12,19H2,1-4H3,(H,39,40,44)/t20-/m1/s1. The predicted molar refractivity (Wildman–Crippen MR) is 168 cm³/mol. The van der Waals surface area contributed by atoms with E-state index in [0.29, 0.717) is 41.8 Å². The highest BCUT2D eigenvalue weighted by atomic mass is 19.4. The highest BCUT2D eigenvalue weighted by molar-refractivity contribution is 5.95. The number of alkyl halides is 3. The number of carbonyl (C=O) groups excluding carboxylic acids is 2. The van der Waals surface area contributed by atoms with E-state index < -0.39 is 34.9 Å². The topological polar surface area (TPSA) is 87.5 Å². The third-order valence-electron chi connectivity index (χ3n) is 8.06. The molecule has 1 aromatic heterocycles. The first-order chi connectivity index (χ1) is 21.8. The molecule has 46 heavy (non-hydrogen) atoms. The molecular weight excluding hydrogens is 602 g/mol. The van der Waals surface area contributed by atoms with Crippen LogP contribution in [-0.4, -0.2) is 46.9 Å². The minimum Gasteiger partial charge on any atom is -0.345 e. The molecule has 2 heterocycles. The normalized spacial score (nSPS) is 13.3. The van der Waals surface area contributed by atoms with Crippen LogP contribution in [-0.2, 0) is 23.9 Å². The quantitative estimate of drug-likeness (QED) is 0.224. The summed E-state index contributed by atoms with van der Waals surface area (Å²) in [6.45, 7) is 3.56. The summed E-state index contributed by atoms with van der Waals surface area (Å²) in [5, 5.41) is 2.55. The maximum Gasteiger partial charge on any atom is 0.416 e. The Labute approximate surface area is 263 Å². The van der Waals surface area contributed by atoms with E-state index in [4.69, 9.17) is 0 Å². The highest BCUT2D eigenvalue weighted by Crippen LogP contribution is 2.39. The van der Waals surface area contributed by atoms with Gasteiger partial charge < -0.3 is 15.1 Å². The van der Waals surface area contributed by atoms with Gasteiger partial charge in [-0.05, 0) is 72.5 Å². The summed E-state index contributed by atoms with van der Waals surface area (Å²) in [5.74, 6) is -1.81. The second kappa shape index (κ2) is 12.8. The van der Waals surface area contributed by atoms with E-state index in [1.807, 2.05) is 6.92 Å². The van der Waals surface area contributed by atoms with Crippen LogP contribution in [0.25, 0.3) is 11.3 Å². The zero-order valence-corrected chi connectivity index (χ0v) is 25.8. The molecule has 0 saturated heterocycles. The van der Waals surface area contributed by atoms with Crippen molar-refractivity contribution in [1.29, 1.82) is 0 Å². The van der Waals surface area contributed by atoms with Crippen LogP contribution in [0.4, 0.5) is 34.8 Å². The van der Waals surface area contributed by atoms with Gasteiger partial charge in [-0.2, -0.15) is 13.2 Å². The summed E-state index contributed by atoms with van der Waals surface area (Å²) in [6.07, 6.45) is -2.37. The molecule has 12 heteroatoms. The average molecular weight is 636 g/mol. The van der Waals surface area contributed by atoms with Crippen molar-refractivity contribution in [3.8, 4) is 11.3 Å². The molecule has 8 nitrogen and oxygen atoms in total. The van der Waals surface area contributed by atoms with Gasteiger partial charge in [-0.1, -0.05) is 26.0 Å². The summed E-state index contributed by atoms with van der Waals surface area (Å²) < 4.78 is 57.8. The van der Waals surface area contributed by atoms with Gasteiger partial charge in [-0.3, -0.25) is 19.0 Å². The zero-order valence-electron chi connectivity index (χ0n) is 25.8. The Morgan fingerprint density at radius 1 is 1.07 bits per heavy atom. The molecule has 0 bridgehead atoms. The lowest BCUT2D eigenvalue weighted by Gasteiger charge is -2.23. The molecule has 0 saturated carbocycles. The number of amides is 2. The maximum atomic E-state index is 14.2. The number of benzene rings is 3. The number of aromatic nitrogens is 2. The van der Waals surface area contributed by atoms with E-state index >= 15 is 0 Å². The zero-order chi connectivity index (χ0) is 33.3. The van der Waals surface area contributed by atoms with Crippen LogP contribution in [0.2, 0.25) is 0 Å². The van der Waals surface area contributed by atoms with Gasteiger partial charge in [-0.15, -0.1) is 0 Å². The van der Waals surface area contributed by atoms with Crippen LogP contribution in [0.5, 0.6) is 0 Å². The summed E-state index contributed by atoms with van der Waals surface area (Å²) in [7, 11) is 3.20. The molecule has 1 aliphatic rings. The lowest BCUT2D eigenvalue weighted by atomic mass is 10.1. The number of fused-ring (bicyclic) bond motifs is 1. The molecule has 3 aromatic carbocycles. The second-order valence-electron chi connectivity index (χ2n) is 11.5. The largest absolute Gasteiger partial charge is 0.416 e. The Hall–Kier alpha value is -5.00. The number of rotatable bonds is 8. The van der Waals surface area contributed by atoms with E-state index in [0.717, 1.165) is 12.1 Å². The van der Waals surface area contributed by atoms with E-state index in [1.165, 1.54) is 33.9 Å². The Balaban J connectivity index is 1.65. The molecule has 0 unspecified atom stereocenters. The van der Waals surface area contributed by atoms with Crippen molar-refractivity contribution in [3.05, 3.63) is 105 Å². The van der Waals surface area contributed by atoms with Crippen LogP contribution in [0.3, 0.4) is 0 Å². The van der Waals surface area contributed by atoms with Crippen LogP contribution in [0.15, 0.2) is 71.7 Å². The van der Waals surface area contributed by atoms with Crippen molar-refractivity contribution < 1.29 is 27.2 Å². The molecule has 4 aromatic rings. The number of hydrogen-bond acceptors (Lipinski definition) is 5. The van der Waals surface area contributed by atoms with Crippen molar-refractivity contribution >= 4 is 29.0 Å². The van der Waals surface area contributed by atoms with Crippen molar-refractivity contribution in [1.82, 2.24) is 14.5 Å². The molecule has 2 amide bonds. The van der Waals surface area contributed by atoms with Crippen LogP contribution in [0.1, 0.15) is 47.3 Å². The molecule has 0 fully saturated rings. The number of anilines is 3. The predicted octanol–water partition coefficient (Wildman–Crippen LogP) is 6.50. The van der Waals surface area contributed by atoms with Crippen molar-refractivity contribution in [2.75, 3.05) is 30.9 Å². The number of hydrogen-bond donors (Lipinski definition) is 1. The number of halogens is 4. The molecule has 0 radical (unpaired) electrons. The van der Waals surface area contributed by atoms with Gasteiger partial charge in [-0.25, -0.2) is 9.37 Å². The molecule has 1 atom stereocenters. The molecule has 240 valence electrons. The molecular formula is C34H33F4N5O3. The lowest BCUT2D eigenvalue weighted by molar-refractivity contribution is -0.137. The van der Waals surface area contributed by atoms with Crippen LogP contribution >= 0.6 is 0 Å². The fourth-order valence-corrected chi connectivity index (χ4v) is 5.36. The highest BCUT2D eigenvalue weighted by Gasteiger charge is 2.33. The Bertz CT molecular complexity index is 1870. The van der Waals surface area contributed by atoms with Crippen LogP contribution in [0, 0.1) is 11.7 Å². The minimum absolute atomic E-state index is 0.162. The molecule has 5 rings (SSSR count). The maximum absolute atomic E-state index is 14.2. The van der Waals surface area contributed by atoms with Gasteiger partial charge in [0.1, 0.15) is 5.82 Å². The van der Waals surface area contributed by atoms with Gasteiger partial charge in [0.05, 0.1) is 24.0 Å². The summed E-state index contributed by atoms with van der Waals surface area (Å²) >= 11 is 0. The van der Waals surface area contributed by atoms with Gasteiger partial charge >= 0.3 is 6.18 Å². The van der Waals surface area contributed by atoms with E-state index in [9.17, 15) is 31.9 Å². The Kier molecular flexibility index (Phi) is 9.00. The molecule has 1 N–H and O–H groups in total. The number of nitrogens with one attached hydrogen (secondary N) is 1. The molecule has 0 spiro atoms. The summed E-state index contributed by atoms with van der Waals surface area (Å²) in [5.41, 5.74) is 1.05. The summed E-state index contributed by atoms with van der Waals surface area (Å²) in [6, 6.07) is 14.2. The second-order valence-corrected chi connectivity index (χ2v) is 11.5. The minimum atomic E-state index is -4.70. The van der Waals surface area contributed by atoms with Gasteiger partial charge in [0.15, 0.2) is 5.82 Å². The number of carbonyl (C=O) groups is 2. The van der Waals surface area contributed by atoms with Crippen molar-refractivity contribution in [2.24, 2.45) is 5.92 Å².